The van der Waals surface area contributed by atoms with Crippen LogP contribution in [0.5, 0.6) is 5.88 Å². The Balaban J connectivity index is 2.57. The first-order valence-electron chi connectivity index (χ1n) is 4.18. The maximum Gasteiger partial charge on any atom is 0.271 e. The Morgan fingerprint density at radius 3 is 2.64 bits per heavy atom. The highest BCUT2D eigenvalue weighted by atomic mass is 16.3. The van der Waals surface area contributed by atoms with Crippen molar-refractivity contribution in [1.82, 2.24) is 15.3 Å². The number of aromatic hydroxyl groups is 1. The number of carbonyl (C=O) groups excluding carboxylic acids is 1. The zero-order valence-corrected chi connectivity index (χ0v) is 8.11. The highest BCUT2D eigenvalue weighted by Crippen LogP contribution is 2.00. The van der Waals surface area contributed by atoms with Crippen LogP contribution in [-0.4, -0.2) is 27.5 Å². The Morgan fingerprint density at radius 2 is 2.14 bits per heavy atom. The molecule has 2 N–H and O–H groups in total. The highest BCUT2D eigenvalue weighted by molar-refractivity contribution is 5.91. The number of nitrogens with one attached hydrogen (secondary N) is 1. The van der Waals surface area contributed by atoms with Crippen molar-refractivity contribution in [1.29, 1.82) is 0 Å². The minimum absolute atomic E-state index is 0.195. The summed E-state index contributed by atoms with van der Waals surface area (Å²) in [4.78, 5) is 18.6. The molecule has 0 spiro atoms. The van der Waals surface area contributed by atoms with Crippen molar-refractivity contribution in [3.05, 3.63) is 24.0 Å². The second-order valence-corrected chi connectivity index (χ2v) is 3.15. The number of rotatable bonds is 3. The van der Waals surface area contributed by atoms with E-state index in [1.807, 2.05) is 13.8 Å². The quantitative estimate of drug-likeness (QED) is 0.735. The van der Waals surface area contributed by atoms with Crippen LogP contribution in [0, 0.1) is 5.92 Å². The Morgan fingerprint density at radius 1 is 1.43 bits per heavy atom. The van der Waals surface area contributed by atoms with Crippen molar-refractivity contribution in [2.45, 2.75) is 13.8 Å². The van der Waals surface area contributed by atoms with Gasteiger partial charge in [0.2, 0.25) is 5.88 Å². The molecule has 0 fully saturated rings. The van der Waals surface area contributed by atoms with Crippen molar-refractivity contribution < 1.29 is 9.90 Å². The van der Waals surface area contributed by atoms with Crippen molar-refractivity contribution >= 4 is 5.91 Å². The Hall–Kier alpha value is -1.65. The maximum atomic E-state index is 11.4. The van der Waals surface area contributed by atoms with Crippen LogP contribution in [0.4, 0.5) is 0 Å². The van der Waals surface area contributed by atoms with Gasteiger partial charge in [-0.3, -0.25) is 4.79 Å². The van der Waals surface area contributed by atoms with Crippen LogP contribution in [0.3, 0.4) is 0 Å². The first-order chi connectivity index (χ1) is 6.59. The lowest BCUT2D eigenvalue weighted by Crippen LogP contribution is -2.27. The molecule has 1 aromatic rings. The second-order valence-electron chi connectivity index (χ2n) is 3.15. The van der Waals surface area contributed by atoms with E-state index < -0.39 is 0 Å². The minimum atomic E-state index is -0.293. The van der Waals surface area contributed by atoms with Gasteiger partial charge in [0.05, 0.1) is 12.4 Å². The molecule has 0 saturated heterocycles. The van der Waals surface area contributed by atoms with Gasteiger partial charge in [-0.25, -0.2) is 9.97 Å². The number of amides is 1. The predicted molar refractivity (Wildman–Crippen MR) is 50.6 cm³/mol. The molecule has 1 amide bonds. The van der Waals surface area contributed by atoms with E-state index in [4.69, 9.17) is 5.11 Å². The molecule has 0 aliphatic rings. The van der Waals surface area contributed by atoms with Gasteiger partial charge in [0.15, 0.2) is 0 Å². The van der Waals surface area contributed by atoms with Gasteiger partial charge < -0.3 is 10.4 Å². The third kappa shape index (κ3) is 3.01. The lowest BCUT2D eigenvalue weighted by atomic mass is 10.2. The first kappa shape index (κ1) is 10.4. The SMILES string of the molecule is C[C](C)CNC(=O)c1cnc(O)cn1. The molecule has 0 unspecified atom stereocenters. The molecule has 1 heterocycles. The highest BCUT2D eigenvalue weighted by Gasteiger charge is 2.07. The van der Waals surface area contributed by atoms with E-state index in [0.717, 1.165) is 12.1 Å². The molecule has 14 heavy (non-hydrogen) atoms. The molecule has 1 aromatic heterocycles. The second kappa shape index (κ2) is 4.55. The normalized spacial score (nSPS) is 10.2. The molecule has 0 bridgehead atoms. The van der Waals surface area contributed by atoms with Gasteiger partial charge in [-0.2, -0.15) is 0 Å². The number of aromatic nitrogens is 2. The number of hydrogen-bond donors (Lipinski definition) is 2. The van der Waals surface area contributed by atoms with Crippen LogP contribution in [0.15, 0.2) is 12.4 Å². The van der Waals surface area contributed by atoms with Crippen LogP contribution >= 0.6 is 0 Å². The summed E-state index contributed by atoms with van der Waals surface area (Å²) >= 11 is 0. The smallest absolute Gasteiger partial charge is 0.271 e. The fourth-order valence-corrected chi connectivity index (χ4v) is 0.786. The summed E-state index contributed by atoms with van der Waals surface area (Å²) in [6, 6.07) is 0. The molecular formula is C9H12N3O2. The zero-order chi connectivity index (χ0) is 10.6. The summed E-state index contributed by atoms with van der Waals surface area (Å²) < 4.78 is 0. The molecule has 0 aliphatic carbocycles. The van der Waals surface area contributed by atoms with E-state index in [1.54, 1.807) is 0 Å². The van der Waals surface area contributed by atoms with Crippen LogP contribution in [0.2, 0.25) is 0 Å². The lowest BCUT2D eigenvalue weighted by Gasteiger charge is -2.05. The molecule has 5 heteroatoms. The number of nitrogens with zero attached hydrogens (tertiary/aromatic N) is 2. The summed E-state index contributed by atoms with van der Waals surface area (Å²) in [5, 5.41) is 11.5. The Kier molecular flexibility index (Phi) is 3.39. The average Bonchev–Trinajstić information content (AvgIpc) is 2.15. The molecular weight excluding hydrogens is 182 g/mol. The van der Waals surface area contributed by atoms with Gasteiger partial charge in [-0.15, -0.1) is 0 Å². The Bertz CT molecular complexity index is 308. The molecule has 0 aromatic carbocycles. The van der Waals surface area contributed by atoms with Crippen LogP contribution in [-0.2, 0) is 0 Å². The topological polar surface area (TPSA) is 75.1 Å². The number of hydrogen-bond acceptors (Lipinski definition) is 4. The third-order valence-corrected chi connectivity index (χ3v) is 1.47. The summed E-state index contributed by atoms with van der Waals surface area (Å²) in [6.07, 6.45) is 2.37. The van der Waals surface area contributed by atoms with E-state index in [0.29, 0.717) is 6.54 Å². The van der Waals surface area contributed by atoms with Crippen LogP contribution < -0.4 is 5.32 Å². The van der Waals surface area contributed by atoms with Crippen molar-refractivity contribution in [3.63, 3.8) is 0 Å². The lowest BCUT2D eigenvalue weighted by molar-refractivity contribution is 0.0949. The summed E-state index contributed by atoms with van der Waals surface area (Å²) in [5.41, 5.74) is 0.198. The van der Waals surface area contributed by atoms with Crippen LogP contribution in [0.1, 0.15) is 24.3 Å². The first-order valence-corrected chi connectivity index (χ1v) is 4.18. The van der Waals surface area contributed by atoms with E-state index >= 15 is 0 Å². The molecule has 0 atom stereocenters. The van der Waals surface area contributed by atoms with Gasteiger partial charge in [0.25, 0.3) is 5.91 Å². The average molecular weight is 194 g/mol. The predicted octanol–water partition coefficient (Wildman–Crippen LogP) is 0.526. The molecule has 1 rings (SSSR count). The monoisotopic (exact) mass is 194 g/mol. The van der Waals surface area contributed by atoms with E-state index in [9.17, 15) is 4.79 Å². The van der Waals surface area contributed by atoms with Crippen molar-refractivity contribution in [2.75, 3.05) is 6.54 Å². The van der Waals surface area contributed by atoms with Gasteiger partial charge in [0, 0.05) is 6.54 Å². The molecule has 0 saturated carbocycles. The molecule has 0 aliphatic heterocycles. The van der Waals surface area contributed by atoms with Gasteiger partial charge in [-0.05, 0) is 5.92 Å². The molecule has 1 radical (unpaired) electrons. The summed E-state index contributed by atoms with van der Waals surface area (Å²) in [7, 11) is 0. The fourth-order valence-electron chi connectivity index (χ4n) is 0.786. The standard InChI is InChI=1S/C9H12N3O2/c1-6(2)3-12-9(14)7-4-11-8(13)5-10-7/h4-5H,3H2,1-2H3,(H,11,13)(H,12,14). The van der Waals surface area contributed by atoms with E-state index in [-0.39, 0.29) is 17.5 Å². The van der Waals surface area contributed by atoms with E-state index in [2.05, 4.69) is 15.3 Å². The Labute approximate surface area is 82.2 Å². The zero-order valence-electron chi connectivity index (χ0n) is 8.11. The van der Waals surface area contributed by atoms with Gasteiger partial charge in [-0.1, -0.05) is 13.8 Å². The fraction of sp³-hybridized carbons (Fsp3) is 0.333. The summed E-state index contributed by atoms with van der Waals surface area (Å²) in [5.74, 6) is 0.614. The van der Waals surface area contributed by atoms with Gasteiger partial charge >= 0.3 is 0 Å². The van der Waals surface area contributed by atoms with E-state index in [1.165, 1.54) is 6.20 Å². The minimum Gasteiger partial charge on any atom is -0.492 e. The van der Waals surface area contributed by atoms with Gasteiger partial charge in [0.1, 0.15) is 5.69 Å². The van der Waals surface area contributed by atoms with Crippen molar-refractivity contribution in [2.24, 2.45) is 0 Å². The summed E-state index contributed by atoms with van der Waals surface area (Å²) in [6.45, 7) is 4.35. The molecule has 5 nitrogen and oxygen atoms in total. The number of carbonyl (C=O) groups is 1. The van der Waals surface area contributed by atoms with Crippen molar-refractivity contribution in [3.8, 4) is 5.88 Å². The third-order valence-electron chi connectivity index (χ3n) is 1.47. The maximum absolute atomic E-state index is 11.4. The van der Waals surface area contributed by atoms with Crippen LogP contribution in [0.25, 0.3) is 0 Å². The largest absolute Gasteiger partial charge is 0.492 e. The molecule has 75 valence electrons.